The Bertz CT molecular complexity index is 1200. The molecular formula is C23H24F3N7OS. The van der Waals surface area contributed by atoms with Crippen molar-refractivity contribution < 1.29 is 18.0 Å². The first-order valence-corrected chi connectivity index (χ1v) is 12.2. The van der Waals surface area contributed by atoms with E-state index in [0.29, 0.717) is 28.8 Å². The van der Waals surface area contributed by atoms with Crippen molar-refractivity contribution in [3.8, 4) is 10.7 Å². The SMILES string of the molecule is O=C(NCc1cnc(-c2ccc(NCC3(c4ncccc4F)CCC3)nn2)s1)[C@@H]1CC(F)(F)CN1. The van der Waals surface area contributed by atoms with Gasteiger partial charge in [-0.2, -0.15) is 0 Å². The topological polar surface area (TPSA) is 105 Å². The maximum Gasteiger partial charge on any atom is 0.262 e. The van der Waals surface area contributed by atoms with E-state index in [1.165, 1.54) is 17.4 Å². The van der Waals surface area contributed by atoms with E-state index in [4.69, 9.17) is 0 Å². The highest BCUT2D eigenvalue weighted by atomic mass is 32.1. The monoisotopic (exact) mass is 503 g/mol. The molecule has 35 heavy (non-hydrogen) atoms. The largest absolute Gasteiger partial charge is 0.368 e. The van der Waals surface area contributed by atoms with E-state index in [-0.39, 0.29) is 17.8 Å². The average Bonchev–Trinajstić information content (AvgIpc) is 3.44. The fourth-order valence-electron chi connectivity index (χ4n) is 4.38. The van der Waals surface area contributed by atoms with E-state index in [9.17, 15) is 18.0 Å². The number of anilines is 1. The van der Waals surface area contributed by atoms with Gasteiger partial charge in [0.05, 0.1) is 24.8 Å². The highest BCUT2D eigenvalue weighted by Gasteiger charge is 2.43. The number of pyridine rings is 1. The summed E-state index contributed by atoms with van der Waals surface area (Å²) in [6.45, 7) is 0.220. The number of aromatic nitrogens is 4. The van der Waals surface area contributed by atoms with Gasteiger partial charge in [0.15, 0.2) is 0 Å². The van der Waals surface area contributed by atoms with Crippen LogP contribution in [-0.2, 0) is 16.8 Å². The number of nitrogens with zero attached hydrogens (tertiary/aromatic N) is 4. The van der Waals surface area contributed by atoms with Crippen molar-refractivity contribution in [1.82, 2.24) is 30.8 Å². The average molecular weight is 504 g/mol. The van der Waals surface area contributed by atoms with Gasteiger partial charge in [0.25, 0.3) is 5.92 Å². The molecule has 0 unspecified atom stereocenters. The number of alkyl halides is 2. The van der Waals surface area contributed by atoms with Crippen molar-refractivity contribution in [2.45, 2.75) is 49.6 Å². The first kappa shape index (κ1) is 23.6. The van der Waals surface area contributed by atoms with Crippen LogP contribution in [0.1, 0.15) is 36.3 Å². The number of halogens is 3. The van der Waals surface area contributed by atoms with Gasteiger partial charge in [-0.15, -0.1) is 21.5 Å². The number of thiazole rings is 1. The Hall–Kier alpha value is -3.12. The fourth-order valence-corrected chi connectivity index (χ4v) is 5.20. The maximum absolute atomic E-state index is 14.3. The maximum atomic E-state index is 14.3. The zero-order chi connectivity index (χ0) is 24.5. The van der Waals surface area contributed by atoms with Gasteiger partial charge in [0.1, 0.15) is 22.3 Å². The second-order valence-electron chi connectivity index (χ2n) is 8.97. The molecule has 0 radical (unpaired) electrons. The van der Waals surface area contributed by atoms with Gasteiger partial charge in [0.2, 0.25) is 5.91 Å². The van der Waals surface area contributed by atoms with Gasteiger partial charge in [-0.05, 0) is 37.1 Å². The summed E-state index contributed by atoms with van der Waals surface area (Å²) in [7, 11) is 0. The number of amides is 1. The lowest BCUT2D eigenvalue weighted by molar-refractivity contribution is -0.123. The molecule has 1 saturated heterocycles. The highest BCUT2D eigenvalue weighted by molar-refractivity contribution is 7.15. The molecule has 2 aliphatic rings. The van der Waals surface area contributed by atoms with E-state index in [1.807, 2.05) is 0 Å². The number of carbonyl (C=O) groups excluding carboxylic acids is 1. The van der Waals surface area contributed by atoms with Gasteiger partial charge in [-0.1, -0.05) is 6.42 Å². The molecule has 12 heteroatoms. The molecule has 0 spiro atoms. The molecule has 0 aromatic carbocycles. The van der Waals surface area contributed by atoms with Crippen molar-refractivity contribution in [3.63, 3.8) is 0 Å². The minimum atomic E-state index is -2.85. The van der Waals surface area contributed by atoms with Gasteiger partial charge in [-0.3, -0.25) is 15.1 Å². The first-order chi connectivity index (χ1) is 16.8. The summed E-state index contributed by atoms with van der Waals surface area (Å²) in [5, 5.41) is 17.6. The second-order valence-corrected chi connectivity index (χ2v) is 10.1. The lowest BCUT2D eigenvalue weighted by atomic mass is 9.66. The number of carbonyl (C=O) groups is 1. The van der Waals surface area contributed by atoms with Crippen LogP contribution in [0.25, 0.3) is 10.7 Å². The summed E-state index contributed by atoms with van der Waals surface area (Å²) in [5.74, 6) is -3.03. The van der Waals surface area contributed by atoms with Crippen LogP contribution in [0.3, 0.4) is 0 Å². The molecule has 3 N–H and O–H groups in total. The predicted octanol–water partition coefficient (Wildman–Crippen LogP) is 3.28. The van der Waals surface area contributed by atoms with Crippen molar-refractivity contribution >= 4 is 23.1 Å². The second kappa shape index (κ2) is 9.50. The Balaban J connectivity index is 1.16. The lowest BCUT2D eigenvalue weighted by Gasteiger charge is -2.41. The van der Waals surface area contributed by atoms with Crippen molar-refractivity contribution in [2.75, 3.05) is 18.4 Å². The third kappa shape index (κ3) is 5.13. The summed E-state index contributed by atoms with van der Waals surface area (Å²) < 4.78 is 40.8. The third-order valence-corrected chi connectivity index (χ3v) is 7.50. The van der Waals surface area contributed by atoms with Crippen molar-refractivity contribution in [1.29, 1.82) is 0 Å². The van der Waals surface area contributed by atoms with Crippen LogP contribution in [0.4, 0.5) is 19.0 Å². The smallest absolute Gasteiger partial charge is 0.262 e. The van der Waals surface area contributed by atoms with Crippen LogP contribution in [0.5, 0.6) is 0 Å². The van der Waals surface area contributed by atoms with Gasteiger partial charge in [0, 0.05) is 35.7 Å². The van der Waals surface area contributed by atoms with E-state index in [2.05, 4.69) is 36.1 Å². The number of hydrogen-bond acceptors (Lipinski definition) is 8. The van der Waals surface area contributed by atoms with Crippen LogP contribution < -0.4 is 16.0 Å². The molecule has 3 aromatic rings. The van der Waals surface area contributed by atoms with Crippen molar-refractivity contribution in [2.24, 2.45) is 0 Å². The lowest BCUT2D eigenvalue weighted by Crippen LogP contribution is -2.42. The number of hydrogen-bond donors (Lipinski definition) is 3. The third-order valence-electron chi connectivity index (χ3n) is 6.48. The van der Waals surface area contributed by atoms with Gasteiger partial charge >= 0.3 is 0 Å². The Kier molecular flexibility index (Phi) is 6.41. The summed E-state index contributed by atoms with van der Waals surface area (Å²) in [6.07, 6.45) is 5.48. The minimum Gasteiger partial charge on any atom is -0.368 e. The molecule has 1 atom stereocenters. The van der Waals surface area contributed by atoms with Crippen LogP contribution in [0, 0.1) is 5.82 Å². The molecule has 4 heterocycles. The molecule has 3 aromatic heterocycles. The van der Waals surface area contributed by atoms with Crippen LogP contribution >= 0.6 is 11.3 Å². The predicted molar refractivity (Wildman–Crippen MR) is 125 cm³/mol. The molecule has 8 nitrogen and oxygen atoms in total. The normalized spacial score (nSPS) is 20.3. The van der Waals surface area contributed by atoms with Crippen LogP contribution in [0.15, 0.2) is 36.7 Å². The number of rotatable bonds is 8. The first-order valence-electron chi connectivity index (χ1n) is 11.4. The number of nitrogens with one attached hydrogen (secondary N) is 3. The molecule has 1 aliphatic heterocycles. The molecule has 184 valence electrons. The molecule has 2 fully saturated rings. The minimum absolute atomic E-state index is 0.194. The van der Waals surface area contributed by atoms with Gasteiger partial charge < -0.3 is 10.6 Å². The van der Waals surface area contributed by atoms with E-state index in [0.717, 1.165) is 24.1 Å². The van der Waals surface area contributed by atoms with Crippen LogP contribution in [0.2, 0.25) is 0 Å². The molecule has 0 bridgehead atoms. The standard InChI is InChI=1S/C23H24F3N7OS/c24-15-3-1-8-27-19(15)22(6-2-7-22)12-31-18-5-4-16(32-33-18)21-29-11-14(35-21)10-28-20(34)17-9-23(25,26)13-30-17/h1,3-5,8,11,17,30H,2,6-7,9-10,12-13H2,(H,28,34)(H,31,33)/t17-/m0/s1. The Morgan fingerprint density at radius 1 is 1.20 bits per heavy atom. The fraction of sp³-hybridized carbons (Fsp3) is 0.435. The van der Waals surface area contributed by atoms with Crippen LogP contribution in [-0.4, -0.2) is 51.1 Å². The molecule has 1 amide bonds. The summed E-state index contributed by atoms with van der Waals surface area (Å²) in [6, 6.07) is 5.72. The summed E-state index contributed by atoms with van der Waals surface area (Å²) >= 11 is 1.34. The zero-order valence-electron chi connectivity index (χ0n) is 18.7. The Morgan fingerprint density at radius 3 is 2.71 bits per heavy atom. The quantitative estimate of drug-likeness (QED) is 0.433. The van der Waals surface area contributed by atoms with E-state index in [1.54, 1.807) is 30.6 Å². The van der Waals surface area contributed by atoms with Crippen molar-refractivity contribution in [3.05, 3.63) is 53.0 Å². The molecular weight excluding hydrogens is 479 g/mol. The molecule has 1 aliphatic carbocycles. The Labute approximate surface area is 203 Å². The molecule has 5 rings (SSSR count). The van der Waals surface area contributed by atoms with Gasteiger partial charge in [-0.25, -0.2) is 18.2 Å². The summed E-state index contributed by atoms with van der Waals surface area (Å²) in [5.41, 5.74) is 0.720. The molecule has 1 saturated carbocycles. The zero-order valence-corrected chi connectivity index (χ0v) is 19.5. The van der Waals surface area contributed by atoms with E-state index < -0.39 is 30.8 Å². The van der Waals surface area contributed by atoms with E-state index >= 15 is 0 Å². The highest BCUT2D eigenvalue weighted by Crippen LogP contribution is 2.43. The Morgan fingerprint density at radius 2 is 2.06 bits per heavy atom. The summed E-state index contributed by atoms with van der Waals surface area (Å²) in [4.78, 5) is 21.5.